The van der Waals surface area contributed by atoms with Gasteiger partial charge in [0.2, 0.25) is 0 Å². The number of para-hydroxylation sites is 2. The van der Waals surface area contributed by atoms with Crippen molar-refractivity contribution in [3.05, 3.63) is 364 Å². The van der Waals surface area contributed by atoms with E-state index in [0.717, 1.165) is 150 Å². The Balaban J connectivity index is 0.000000147. The van der Waals surface area contributed by atoms with Gasteiger partial charge in [0.1, 0.15) is 0 Å². The first-order valence-electron chi connectivity index (χ1n) is 34.2. The van der Waals surface area contributed by atoms with Gasteiger partial charge < -0.3 is 0 Å². The highest BCUT2D eigenvalue weighted by Crippen LogP contribution is 2.41. The molecule has 476 valence electrons. The lowest BCUT2D eigenvalue weighted by Crippen LogP contribution is -1.96. The lowest BCUT2D eigenvalue weighted by molar-refractivity contribution is 1.18. The van der Waals surface area contributed by atoms with Crippen LogP contribution in [-0.4, -0.2) is 39.9 Å². The SMILES string of the molecule is c1ccc(-c2cc(-c3ccc(-c4ccc5ccc6c(-c7ccccc7)c7ccccc7nc6c5n4)cc3)nc(-c3ccccc3)n2)cc1.c1ccc(-c2ccc(-c3cc(-c4cccc(-c5ccc6ccc7c(-c8ccccc8)c8ccccc8nc7c6n5)c4)nc(-c4ccccc4)n3)cc2)cc1. The molecule has 0 aliphatic carbocycles. The first-order valence-corrected chi connectivity index (χ1v) is 34.2. The topological polar surface area (TPSA) is 103 Å². The molecule has 19 aromatic rings. The molecule has 0 spiro atoms. The molecule has 0 fully saturated rings. The number of rotatable bonds is 11. The van der Waals surface area contributed by atoms with Gasteiger partial charge in [-0.15, -0.1) is 0 Å². The van der Waals surface area contributed by atoms with Crippen LogP contribution in [0.15, 0.2) is 364 Å². The summed E-state index contributed by atoms with van der Waals surface area (Å²) < 4.78 is 0. The quantitative estimate of drug-likeness (QED) is 0.0932. The van der Waals surface area contributed by atoms with Crippen LogP contribution in [0, 0.1) is 0 Å². The molecule has 13 aromatic carbocycles. The molecule has 102 heavy (non-hydrogen) atoms. The molecule has 6 aromatic heterocycles. The van der Waals surface area contributed by atoms with E-state index in [9.17, 15) is 0 Å². The molecule has 0 aliphatic rings. The number of aromatic nitrogens is 8. The number of fused-ring (bicyclic) bond motifs is 8. The van der Waals surface area contributed by atoms with Crippen molar-refractivity contribution in [1.82, 2.24) is 39.9 Å². The molecule has 0 bridgehead atoms. The molecular formula is C94H60N8. The highest BCUT2D eigenvalue weighted by molar-refractivity contribution is 6.17. The van der Waals surface area contributed by atoms with E-state index in [4.69, 9.17) is 39.9 Å². The first kappa shape index (κ1) is 60.6. The molecule has 0 saturated carbocycles. The average molecular weight is 1300 g/mol. The molecule has 0 saturated heterocycles. The molecule has 0 amide bonds. The van der Waals surface area contributed by atoms with Gasteiger partial charge in [-0.25, -0.2) is 39.9 Å². The molecule has 0 aliphatic heterocycles. The highest BCUT2D eigenvalue weighted by atomic mass is 14.9. The van der Waals surface area contributed by atoms with Crippen molar-refractivity contribution in [3.8, 4) is 124 Å². The fourth-order valence-corrected chi connectivity index (χ4v) is 13.9. The van der Waals surface area contributed by atoms with E-state index >= 15 is 0 Å². The van der Waals surface area contributed by atoms with Crippen molar-refractivity contribution < 1.29 is 0 Å². The summed E-state index contributed by atoms with van der Waals surface area (Å²) in [7, 11) is 0. The zero-order valence-electron chi connectivity index (χ0n) is 55.2. The number of hydrogen-bond donors (Lipinski definition) is 0. The summed E-state index contributed by atoms with van der Waals surface area (Å²) >= 11 is 0. The van der Waals surface area contributed by atoms with Crippen LogP contribution in [0.25, 0.3) is 189 Å². The van der Waals surface area contributed by atoms with Crippen LogP contribution in [0.4, 0.5) is 0 Å². The third-order valence-electron chi connectivity index (χ3n) is 18.9. The van der Waals surface area contributed by atoms with Gasteiger partial charge in [-0.05, 0) is 64.7 Å². The summed E-state index contributed by atoms with van der Waals surface area (Å²) in [6, 6.07) is 126. The van der Waals surface area contributed by atoms with Gasteiger partial charge in [0.25, 0.3) is 0 Å². The molecule has 0 unspecified atom stereocenters. The second-order valence-corrected chi connectivity index (χ2v) is 25.3. The molecule has 0 atom stereocenters. The van der Waals surface area contributed by atoms with Crippen LogP contribution < -0.4 is 0 Å². The van der Waals surface area contributed by atoms with E-state index < -0.39 is 0 Å². The van der Waals surface area contributed by atoms with Crippen molar-refractivity contribution in [3.63, 3.8) is 0 Å². The second-order valence-electron chi connectivity index (χ2n) is 25.3. The molecule has 0 N–H and O–H groups in total. The van der Waals surface area contributed by atoms with E-state index in [1.807, 2.05) is 84.9 Å². The molecular weight excluding hydrogens is 1240 g/mol. The lowest BCUT2D eigenvalue weighted by atomic mass is 9.95. The Hall–Kier alpha value is -13.8. The zero-order valence-corrected chi connectivity index (χ0v) is 55.2. The second kappa shape index (κ2) is 26.5. The maximum Gasteiger partial charge on any atom is 0.160 e. The van der Waals surface area contributed by atoms with Crippen LogP contribution in [-0.2, 0) is 0 Å². The predicted octanol–water partition coefficient (Wildman–Crippen LogP) is 23.8. The van der Waals surface area contributed by atoms with Gasteiger partial charge in [0, 0.05) is 88.0 Å². The molecule has 8 nitrogen and oxygen atoms in total. The zero-order chi connectivity index (χ0) is 67.7. The summed E-state index contributed by atoms with van der Waals surface area (Å²) in [5, 5.41) is 6.57. The minimum absolute atomic E-state index is 0.684. The first-order chi connectivity index (χ1) is 50.5. The minimum atomic E-state index is 0.684. The Labute approximate surface area is 589 Å². The number of pyridine rings is 4. The third kappa shape index (κ3) is 11.8. The van der Waals surface area contributed by atoms with Gasteiger partial charge in [0.15, 0.2) is 11.6 Å². The summed E-state index contributed by atoms with van der Waals surface area (Å²) in [5.74, 6) is 1.39. The summed E-state index contributed by atoms with van der Waals surface area (Å²) in [5.41, 5.74) is 25.9. The third-order valence-corrected chi connectivity index (χ3v) is 18.9. The summed E-state index contributed by atoms with van der Waals surface area (Å²) in [4.78, 5) is 41.1. The van der Waals surface area contributed by atoms with Crippen LogP contribution in [0.5, 0.6) is 0 Å². The molecule has 8 heteroatoms. The van der Waals surface area contributed by atoms with Gasteiger partial charge in [-0.2, -0.15) is 0 Å². The Morgan fingerprint density at radius 2 is 0.441 bits per heavy atom. The number of benzene rings is 13. The molecule has 19 rings (SSSR count). The Morgan fingerprint density at radius 1 is 0.147 bits per heavy atom. The van der Waals surface area contributed by atoms with E-state index in [1.54, 1.807) is 0 Å². The maximum absolute atomic E-state index is 5.32. The van der Waals surface area contributed by atoms with Crippen molar-refractivity contribution in [1.29, 1.82) is 0 Å². The van der Waals surface area contributed by atoms with Crippen LogP contribution in [0.3, 0.4) is 0 Å². The number of nitrogens with zero attached hydrogens (tertiary/aromatic N) is 8. The number of hydrogen-bond acceptors (Lipinski definition) is 8. The van der Waals surface area contributed by atoms with Gasteiger partial charge in [-0.3, -0.25) is 0 Å². The summed E-state index contributed by atoms with van der Waals surface area (Å²) in [6.07, 6.45) is 0. The van der Waals surface area contributed by atoms with Crippen molar-refractivity contribution in [2.24, 2.45) is 0 Å². The van der Waals surface area contributed by atoms with Gasteiger partial charge in [-0.1, -0.05) is 322 Å². The van der Waals surface area contributed by atoms with Crippen LogP contribution in [0.2, 0.25) is 0 Å². The Kier molecular flexibility index (Phi) is 15.8. The van der Waals surface area contributed by atoms with Crippen molar-refractivity contribution in [2.75, 3.05) is 0 Å². The van der Waals surface area contributed by atoms with Gasteiger partial charge in [0.05, 0.1) is 67.3 Å². The standard InChI is InChI=1S/C50H32N4.C44H28N4/c1-4-13-33(14-5-1)34-23-25-35(26-24-34)45-32-46(54-50(53-45)38-17-8-3-9-18-38)40-20-12-19-39(31-40)43-30-28-37-27-29-42-47(36-15-6-2-7-16-36)41-21-10-11-22-44(41)52-49(42)48(37)51-43;1-4-12-29(13-5-1)39-28-40(48-44(47-39)34-16-8-3-9-17-34)31-22-20-30(21-23-31)37-27-25-33-24-26-36-41(32-14-6-2-7-15-32)35-18-10-11-19-38(35)46-43(36)42(33)45-37/h1-32H;1-28H. The smallest absolute Gasteiger partial charge is 0.160 e. The fourth-order valence-electron chi connectivity index (χ4n) is 13.9. The summed E-state index contributed by atoms with van der Waals surface area (Å²) in [6.45, 7) is 0. The Bertz CT molecular complexity index is 6260. The van der Waals surface area contributed by atoms with E-state index in [-0.39, 0.29) is 0 Å². The normalized spacial score (nSPS) is 11.3. The maximum atomic E-state index is 5.32. The largest absolute Gasteiger partial charge is 0.245 e. The minimum Gasteiger partial charge on any atom is -0.245 e. The monoisotopic (exact) mass is 1300 g/mol. The predicted molar refractivity (Wildman–Crippen MR) is 420 cm³/mol. The van der Waals surface area contributed by atoms with E-state index in [2.05, 4.69) is 279 Å². The van der Waals surface area contributed by atoms with E-state index in [1.165, 1.54) is 27.8 Å². The van der Waals surface area contributed by atoms with Crippen molar-refractivity contribution in [2.45, 2.75) is 0 Å². The molecule has 6 heterocycles. The van der Waals surface area contributed by atoms with Gasteiger partial charge >= 0.3 is 0 Å². The van der Waals surface area contributed by atoms with Crippen molar-refractivity contribution >= 4 is 65.4 Å². The molecule has 0 radical (unpaired) electrons. The van der Waals surface area contributed by atoms with E-state index in [0.29, 0.717) is 11.6 Å². The lowest BCUT2D eigenvalue weighted by Gasteiger charge is -2.13. The Morgan fingerprint density at radius 3 is 0.873 bits per heavy atom. The van der Waals surface area contributed by atoms with Crippen LogP contribution >= 0.6 is 0 Å². The van der Waals surface area contributed by atoms with Crippen LogP contribution in [0.1, 0.15) is 0 Å². The fraction of sp³-hybridized carbons (Fsp3) is 0. The average Bonchev–Trinajstić information content (AvgIpc) is 0.746. The highest BCUT2D eigenvalue weighted by Gasteiger charge is 2.20.